The normalized spacial score (nSPS) is 12.6. The minimum atomic E-state index is -4.71. The summed E-state index contributed by atoms with van der Waals surface area (Å²) >= 11 is 0. The van der Waals surface area contributed by atoms with Crippen LogP contribution >= 0.6 is 0 Å². The highest BCUT2D eigenvalue weighted by Gasteiger charge is 2.45. The van der Waals surface area contributed by atoms with Crippen molar-refractivity contribution in [1.82, 2.24) is 5.48 Å². The van der Waals surface area contributed by atoms with Crippen LogP contribution in [0.4, 0.5) is 17.6 Å². The molecule has 8 heteroatoms. The quantitative estimate of drug-likeness (QED) is 0.335. The largest absolute Gasteiger partial charge is 0.507 e. The summed E-state index contributed by atoms with van der Waals surface area (Å²) < 4.78 is 50.0. The maximum absolute atomic E-state index is 12.9. The molecule has 4 nitrogen and oxygen atoms in total. The number of hydroxylamine groups is 1. The number of para-hydroxylation sites is 1. The van der Waals surface area contributed by atoms with Crippen molar-refractivity contribution in [3.05, 3.63) is 41.6 Å². The van der Waals surface area contributed by atoms with Gasteiger partial charge in [-0.05, 0) is 12.1 Å². The molecule has 0 heterocycles. The van der Waals surface area contributed by atoms with E-state index in [0.29, 0.717) is 0 Å². The molecule has 104 valence electrons. The number of ketones is 1. The minimum absolute atomic E-state index is 0.0984. The van der Waals surface area contributed by atoms with E-state index < -0.39 is 29.6 Å². The van der Waals surface area contributed by atoms with Crippen molar-refractivity contribution >= 4 is 5.78 Å². The van der Waals surface area contributed by atoms with Gasteiger partial charge in [-0.2, -0.15) is 8.78 Å². The van der Waals surface area contributed by atoms with Crippen molar-refractivity contribution in [3.8, 4) is 5.75 Å². The third-order valence-electron chi connectivity index (χ3n) is 2.20. The van der Waals surface area contributed by atoms with Gasteiger partial charge in [-0.3, -0.25) is 15.5 Å². The van der Waals surface area contributed by atoms with Crippen molar-refractivity contribution in [2.24, 2.45) is 0 Å². The standard InChI is InChI=1S/C11H9F4NO3/c12-10(13)11(14,15)9(16-19)5-8(18)6-3-1-2-4-7(6)17/h1-5,10,16-17,19H/b9-5-. The van der Waals surface area contributed by atoms with Gasteiger partial charge in [-0.25, -0.2) is 8.78 Å². The topological polar surface area (TPSA) is 69.6 Å². The summed E-state index contributed by atoms with van der Waals surface area (Å²) in [5.41, 5.74) is -1.15. The number of nitrogens with one attached hydrogen (secondary N) is 1. The number of alkyl halides is 4. The van der Waals surface area contributed by atoms with E-state index in [4.69, 9.17) is 5.21 Å². The number of carbonyl (C=O) groups is 1. The van der Waals surface area contributed by atoms with Crippen LogP contribution in [-0.4, -0.2) is 28.4 Å². The number of phenols is 1. The average molecular weight is 279 g/mol. The number of aromatic hydroxyl groups is 1. The third kappa shape index (κ3) is 3.22. The molecule has 1 aromatic rings. The minimum Gasteiger partial charge on any atom is -0.507 e. The van der Waals surface area contributed by atoms with Crippen LogP contribution in [0.25, 0.3) is 0 Å². The smallest absolute Gasteiger partial charge is 0.348 e. The molecule has 0 aromatic heterocycles. The molecule has 0 atom stereocenters. The molecule has 0 aliphatic heterocycles. The lowest BCUT2D eigenvalue weighted by molar-refractivity contribution is -0.112. The number of hydrogen-bond acceptors (Lipinski definition) is 4. The Balaban J connectivity index is 3.13. The molecule has 0 unspecified atom stereocenters. The Kier molecular flexibility index (Phi) is 4.49. The number of hydrogen-bond donors (Lipinski definition) is 3. The number of benzene rings is 1. The Morgan fingerprint density at radius 3 is 2.37 bits per heavy atom. The van der Waals surface area contributed by atoms with Crippen LogP contribution in [0.15, 0.2) is 36.0 Å². The highest BCUT2D eigenvalue weighted by Crippen LogP contribution is 2.30. The predicted octanol–water partition coefficient (Wildman–Crippen LogP) is 2.34. The van der Waals surface area contributed by atoms with Crippen molar-refractivity contribution in [3.63, 3.8) is 0 Å². The number of phenolic OH excluding ortho intramolecular Hbond substituents is 1. The molecular formula is C11H9F4NO3. The molecule has 1 aromatic carbocycles. The summed E-state index contributed by atoms with van der Waals surface area (Å²) in [6.45, 7) is 0. The van der Waals surface area contributed by atoms with Gasteiger partial charge in [0, 0.05) is 6.08 Å². The number of halogens is 4. The number of rotatable bonds is 5. The van der Waals surface area contributed by atoms with E-state index in [1.165, 1.54) is 12.1 Å². The first-order valence-corrected chi connectivity index (χ1v) is 4.91. The van der Waals surface area contributed by atoms with Gasteiger partial charge in [0.05, 0.1) is 5.56 Å². The van der Waals surface area contributed by atoms with Crippen LogP contribution in [0.1, 0.15) is 10.4 Å². The summed E-state index contributed by atoms with van der Waals surface area (Å²) in [5.74, 6) is -6.37. The fourth-order valence-corrected chi connectivity index (χ4v) is 1.21. The molecule has 3 N–H and O–H groups in total. The average Bonchev–Trinajstić information content (AvgIpc) is 2.35. The zero-order chi connectivity index (χ0) is 14.6. The highest BCUT2D eigenvalue weighted by molar-refractivity contribution is 6.06. The van der Waals surface area contributed by atoms with Gasteiger partial charge < -0.3 is 5.11 Å². The van der Waals surface area contributed by atoms with E-state index in [9.17, 15) is 27.5 Å². The predicted molar refractivity (Wildman–Crippen MR) is 56.4 cm³/mol. The van der Waals surface area contributed by atoms with Gasteiger partial charge in [0.2, 0.25) is 0 Å². The van der Waals surface area contributed by atoms with E-state index in [-0.39, 0.29) is 11.6 Å². The van der Waals surface area contributed by atoms with Crippen LogP contribution in [0, 0.1) is 0 Å². The number of carbonyl (C=O) groups excluding carboxylic acids is 1. The third-order valence-corrected chi connectivity index (χ3v) is 2.20. The van der Waals surface area contributed by atoms with Gasteiger partial charge in [-0.1, -0.05) is 12.1 Å². The van der Waals surface area contributed by atoms with E-state index in [2.05, 4.69) is 0 Å². The van der Waals surface area contributed by atoms with Crippen molar-refractivity contribution in [2.75, 3.05) is 0 Å². The van der Waals surface area contributed by atoms with Crippen molar-refractivity contribution in [2.45, 2.75) is 12.3 Å². The van der Waals surface area contributed by atoms with Crippen LogP contribution in [-0.2, 0) is 0 Å². The van der Waals surface area contributed by atoms with Crippen LogP contribution in [0.2, 0.25) is 0 Å². The SMILES string of the molecule is O=C(/C=C(\NO)C(F)(F)C(F)F)c1ccccc1O. The first-order valence-electron chi connectivity index (χ1n) is 4.91. The molecule has 0 saturated heterocycles. The molecule has 0 fully saturated rings. The first kappa shape index (κ1) is 15.0. The Bertz CT molecular complexity index is 502. The zero-order valence-corrected chi connectivity index (χ0v) is 9.28. The lowest BCUT2D eigenvalue weighted by Crippen LogP contribution is -2.35. The van der Waals surface area contributed by atoms with Gasteiger partial charge in [-0.15, -0.1) is 0 Å². The fraction of sp³-hybridized carbons (Fsp3) is 0.182. The van der Waals surface area contributed by atoms with Crippen molar-refractivity contribution < 1.29 is 32.7 Å². The summed E-state index contributed by atoms with van der Waals surface area (Å²) in [6.07, 6.45) is -4.00. The molecule has 0 aliphatic carbocycles. The molecule has 0 spiro atoms. The molecule has 1 rings (SSSR count). The second-order valence-electron chi connectivity index (χ2n) is 3.47. The molecule has 0 radical (unpaired) electrons. The van der Waals surface area contributed by atoms with Gasteiger partial charge in [0.1, 0.15) is 11.4 Å². The zero-order valence-electron chi connectivity index (χ0n) is 9.28. The molecule has 19 heavy (non-hydrogen) atoms. The summed E-state index contributed by atoms with van der Waals surface area (Å²) in [5, 5.41) is 17.7. The van der Waals surface area contributed by atoms with Gasteiger partial charge in [0.15, 0.2) is 5.78 Å². The maximum atomic E-state index is 12.9. The van der Waals surface area contributed by atoms with E-state index in [1.54, 1.807) is 0 Å². The highest BCUT2D eigenvalue weighted by atomic mass is 19.3. The van der Waals surface area contributed by atoms with Crippen molar-refractivity contribution in [1.29, 1.82) is 0 Å². The van der Waals surface area contributed by atoms with E-state index in [0.717, 1.165) is 17.6 Å². The molecular weight excluding hydrogens is 270 g/mol. The van der Waals surface area contributed by atoms with E-state index in [1.807, 2.05) is 0 Å². The molecule has 0 aliphatic rings. The first-order chi connectivity index (χ1) is 8.80. The lowest BCUT2D eigenvalue weighted by atomic mass is 10.1. The second-order valence-corrected chi connectivity index (χ2v) is 3.47. The number of allylic oxidation sites excluding steroid dienone is 2. The molecule has 0 saturated carbocycles. The van der Waals surface area contributed by atoms with Crippen LogP contribution < -0.4 is 5.48 Å². The van der Waals surface area contributed by atoms with Crippen LogP contribution in [0.3, 0.4) is 0 Å². The van der Waals surface area contributed by atoms with Gasteiger partial charge >= 0.3 is 12.3 Å². The lowest BCUT2D eigenvalue weighted by Gasteiger charge is -2.17. The Hall–Kier alpha value is -2.09. The Morgan fingerprint density at radius 1 is 1.32 bits per heavy atom. The Labute approximate surface area is 104 Å². The Morgan fingerprint density at radius 2 is 1.89 bits per heavy atom. The van der Waals surface area contributed by atoms with Gasteiger partial charge in [0.25, 0.3) is 0 Å². The van der Waals surface area contributed by atoms with E-state index >= 15 is 0 Å². The summed E-state index contributed by atoms with van der Waals surface area (Å²) in [6, 6.07) is 4.97. The van der Waals surface area contributed by atoms with Crippen LogP contribution in [0.5, 0.6) is 5.75 Å². The molecule has 0 bridgehead atoms. The maximum Gasteiger partial charge on any atom is 0.348 e. The molecule has 0 amide bonds. The summed E-state index contributed by atoms with van der Waals surface area (Å²) in [4.78, 5) is 11.5. The fourth-order valence-electron chi connectivity index (χ4n) is 1.21. The second kappa shape index (κ2) is 5.70. The summed E-state index contributed by atoms with van der Waals surface area (Å²) in [7, 11) is 0. The monoisotopic (exact) mass is 279 g/mol.